The molecule has 1 atom stereocenters. The minimum Gasteiger partial charge on any atom is -0.506 e. The lowest BCUT2D eigenvalue weighted by atomic mass is 10.1. The molecule has 1 saturated carbocycles. The van der Waals surface area contributed by atoms with Crippen molar-refractivity contribution in [3.05, 3.63) is 23.2 Å². The summed E-state index contributed by atoms with van der Waals surface area (Å²) in [6, 6.07) is 4.50. The number of nitrogens with two attached hydrogens (primary N) is 1. The standard InChI is InChI=1S/C12H15ClN2O2/c13-9-5-8(3-4-11(9)16)15-12(17)6-10(14)7-1-2-7/h3-5,7,10,16H,1-2,6,14H2,(H,15,17). The third-order valence-corrected chi connectivity index (χ3v) is 3.18. The summed E-state index contributed by atoms with van der Waals surface area (Å²) >= 11 is 5.74. The van der Waals surface area contributed by atoms with Crippen molar-refractivity contribution < 1.29 is 9.90 Å². The number of halogens is 1. The summed E-state index contributed by atoms with van der Waals surface area (Å²) in [7, 11) is 0. The number of aromatic hydroxyl groups is 1. The molecular formula is C12H15ClN2O2. The molecule has 2 rings (SSSR count). The smallest absolute Gasteiger partial charge is 0.225 e. The summed E-state index contributed by atoms with van der Waals surface area (Å²) in [5.74, 6) is 0.384. The molecule has 4 nitrogen and oxygen atoms in total. The lowest BCUT2D eigenvalue weighted by molar-refractivity contribution is -0.116. The lowest BCUT2D eigenvalue weighted by Crippen LogP contribution is -2.28. The van der Waals surface area contributed by atoms with Crippen molar-refractivity contribution in [2.24, 2.45) is 11.7 Å². The van der Waals surface area contributed by atoms with Gasteiger partial charge in [0.2, 0.25) is 5.91 Å². The maximum absolute atomic E-state index is 11.7. The van der Waals surface area contributed by atoms with E-state index >= 15 is 0 Å². The summed E-state index contributed by atoms with van der Waals surface area (Å²) in [5, 5.41) is 12.2. The van der Waals surface area contributed by atoms with E-state index in [2.05, 4.69) is 5.32 Å². The molecule has 1 unspecified atom stereocenters. The van der Waals surface area contributed by atoms with Gasteiger partial charge >= 0.3 is 0 Å². The Morgan fingerprint density at radius 1 is 1.59 bits per heavy atom. The van der Waals surface area contributed by atoms with Gasteiger partial charge in [-0.05, 0) is 37.0 Å². The van der Waals surface area contributed by atoms with E-state index in [4.69, 9.17) is 17.3 Å². The number of phenols is 1. The zero-order valence-electron chi connectivity index (χ0n) is 9.32. The van der Waals surface area contributed by atoms with Crippen molar-refractivity contribution in [1.82, 2.24) is 0 Å². The molecule has 5 heteroatoms. The SMILES string of the molecule is NC(CC(=O)Nc1ccc(O)c(Cl)c1)C1CC1. The van der Waals surface area contributed by atoms with Crippen LogP contribution < -0.4 is 11.1 Å². The van der Waals surface area contributed by atoms with Crippen LogP contribution in [0.15, 0.2) is 18.2 Å². The van der Waals surface area contributed by atoms with Gasteiger partial charge < -0.3 is 16.2 Å². The quantitative estimate of drug-likeness (QED) is 0.721. The molecular weight excluding hydrogens is 240 g/mol. The van der Waals surface area contributed by atoms with Gasteiger partial charge in [-0.2, -0.15) is 0 Å². The molecule has 1 aliphatic carbocycles. The number of rotatable bonds is 4. The number of carbonyl (C=O) groups is 1. The summed E-state index contributed by atoms with van der Waals surface area (Å²) in [5.41, 5.74) is 6.43. The number of hydrogen-bond donors (Lipinski definition) is 3. The number of benzene rings is 1. The second-order valence-corrected chi connectivity index (χ2v) is 4.83. The fourth-order valence-electron chi connectivity index (χ4n) is 1.70. The van der Waals surface area contributed by atoms with Crippen LogP contribution in [0.2, 0.25) is 5.02 Å². The number of phenolic OH excluding ortho intramolecular Hbond substituents is 1. The highest BCUT2D eigenvalue weighted by Gasteiger charge is 2.29. The Labute approximate surface area is 105 Å². The van der Waals surface area contributed by atoms with Gasteiger partial charge in [0.25, 0.3) is 0 Å². The van der Waals surface area contributed by atoms with E-state index in [0.717, 1.165) is 12.8 Å². The van der Waals surface area contributed by atoms with Crippen molar-refractivity contribution in [3.8, 4) is 5.75 Å². The van der Waals surface area contributed by atoms with Crippen LogP contribution in [0.5, 0.6) is 5.75 Å². The Morgan fingerprint density at radius 2 is 2.29 bits per heavy atom. The second-order valence-electron chi connectivity index (χ2n) is 4.42. The van der Waals surface area contributed by atoms with E-state index in [1.165, 1.54) is 12.1 Å². The lowest BCUT2D eigenvalue weighted by Gasteiger charge is -2.10. The molecule has 92 valence electrons. The Balaban J connectivity index is 1.90. The van der Waals surface area contributed by atoms with E-state index < -0.39 is 0 Å². The normalized spacial score (nSPS) is 16.6. The van der Waals surface area contributed by atoms with Crippen LogP contribution in [0.1, 0.15) is 19.3 Å². The third kappa shape index (κ3) is 3.35. The first kappa shape index (κ1) is 12.2. The van der Waals surface area contributed by atoms with E-state index in [9.17, 15) is 9.90 Å². The highest BCUT2D eigenvalue weighted by atomic mass is 35.5. The highest BCUT2D eigenvalue weighted by molar-refractivity contribution is 6.32. The zero-order valence-corrected chi connectivity index (χ0v) is 10.1. The third-order valence-electron chi connectivity index (χ3n) is 2.88. The number of carbonyl (C=O) groups excluding carboxylic acids is 1. The van der Waals surface area contributed by atoms with Gasteiger partial charge in [0.15, 0.2) is 0 Å². The van der Waals surface area contributed by atoms with Gasteiger partial charge in [0, 0.05) is 18.2 Å². The molecule has 0 saturated heterocycles. The van der Waals surface area contributed by atoms with Gasteiger partial charge in [-0.15, -0.1) is 0 Å². The van der Waals surface area contributed by atoms with Crippen molar-refractivity contribution in [2.75, 3.05) is 5.32 Å². The van der Waals surface area contributed by atoms with E-state index in [0.29, 0.717) is 18.0 Å². The molecule has 17 heavy (non-hydrogen) atoms. The minimum absolute atomic E-state index is 0.000604. The molecule has 0 heterocycles. The summed E-state index contributed by atoms with van der Waals surface area (Å²) < 4.78 is 0. The maximum Gasteiger partial charge on any atom is 0.225 e. The number of hydrogen-bond acceptors (Lipinski definition) is 3. The Bertz CT molecular complexity index is 433. The van der Waals surface area contributed by atoms with Crippen LogP contribution >= 0.6 is 11.6 Å². The minimum atomic E-state index is -0.119. The first-order valence-electron chi connectivity index (χ1n) is 5.60. The number of anilines is 1. The summed E-state index contributed by atoms with van der Waals surface area (Å²) in [4.78, 5) is 11.7. The van der Waals surface area contributed by atoms with Crippen LogP contribution in [0, 0.1) is 5.92 Å². The van der Waals surface area contributed by atoms with Crippen LogP contribution in [-0.4, -0.2) is 17.1 Å². The molecule has 0 spiro atoms. The molecule has 1 amide bonds. The predicted molar refractivity (Wildman–Crippen MR) is 67.1 cm³/mol. The van der Waals surface area contributed by atoms with Crippen molar-refractivity contribution in [3.63, 3.8) is 0 Å². The molecule has 1 aliphatic rings. The fourth-order valence-corrected chi connectivity index (χ4v) is 1.88. The number of amides is 1. The number of nitrogens with one attached hydrogen (secondary N) is 1. The molecule has 4 N–H and O–H groups in total. The van der Waals surface area contributed by atoms with E-state index in [1.807, 2.05) is 0 Å². The fraction of sp³-hybridized carbons (Fsp3) is 0.417. The highest BCUT2D eigenvalue weighted by Crippen LogP contribution is 2.33. The van der Waals surface area contributed by atoms with Gasteiger partial charge in [-0.25, -0.2) is 0 Å². The topological polar surface area (TPSA) is 75.4 Å². The first-order chi connectivity index (χ1) is 8.06. The monoisotopic (exact) mass is 254 g/mol. The van der Waals surface area contributed by atoms with Gasteiger partial charge in [-0.1, -0.05) is 11.6 Å². The van der Waals surface area contributed by atoms with Crippen molar-refractivity contribution >= 4 is 23.2 Å². The van der Waals surface area contributed by atoms with Gasteiger partial charge in [0.05, 0.1) is 5.02 Å². The molecule has 0 aliphatic heterocycles. The van der Waals surface area contributed by atoms with Crippen LogP contribution in [0.4, 0.5) is 5.69 Å². The first-order valence-corrected chi connectivity index (χ1v) is 5.98. The maximum atomic E-state index is 11.7. The molecule has 0 radical (unpaired) electrons. The van der Waals surface area contributed by atoms with Crippen molar-refractivity contribution in [1.29, 1.82) is 0 Å². The van der Waals surface area contributed by atoms with Crippen LogP contribution in [0.3, 0.4) is 0 Å². The zero-order chi connectivity index (χ0) is 12.4. The van der Waals surface area contributed by atoms with E-state index in [-0.39, 0.29) is 22.7 Å². The molecule has 1 aromatic carbocycles. The Hall–Kier alpha value is -1.26. The summed E-state index contributed by atoms with van der Waals surface area (Å²) in [6.07, 6.45) is 2.57. The summed E-state index contributed by atoms with van der Waals surface area (Å²) in [6.45, 7) is 0. The average molecular weight is 255 g/mol. The molecule has 1 fully saturated rings. The van der Waals surface area contributed by atoms with Crippen LogP contribution in [0.25, 0.3) is 0 Å². The Morgan fingerprint density at radius 3 is 2.88 bits per heavy atom. The van der Waals surface area contributed by atoms with Gasteiger partial charge in [0.1, 0.15) is 5.75 Å². The molecule has 0 aromatic heterocycles. The molecule has 0 bridgehead atoms. The van der Waals surface area contributed by atoms with E-state index in [1.54, 1.807) is 6.07 Å². The second kappa shape index (κ2) is 4.94. The largest absolute Gasteiger partial charge is 0.506 e. The molecule has 1 aromatic rings. The van der Waals surface area contributed by atoms with Gasteiger partial charge in [-0.3, -0.25) is 4.79 Å². The predicted octanol–water partition coefficient (Wildman–Crippen LogP) is 2.11. The average Bonchev–Trinajstić information content (AvgIpc) is 3.06. The van der Waals surface area contributed by atoms with Crippen molar-refractivity contribution in [2.45, 2.75) is 25.3 Å². The van der Waals surface area contributed by atoms with Crippen LogP contribution in [-0.2, 0) is 4.79 Å². The Kier molecular flexibility index (Phi) is 3.54.